The second-order valence-electron chi connectivity index (χ2n) is 9.07. The van der Waals surface area contributed by atoms with Crippen molar-refractivity contribution < 1.29 is 13.2 Å². The maximum Gasteiger partial charge on any atom is 0.421 e. The summed E-state index contributed by atoms with van der Waals surface area (Å²) in [5.74, 6) is -0.0752. The zero-order valence-electron chi connectivity index (χ0n) is 19.3. The Hall–Kier alpha value is -2.40. The van der Waals surface area contributed by atoms with Crippen molar-refractivity contribution in [2.24, 2.45) is 0 Å². The summed E-state index contributed by atoms with van der Waals surface area (Å²) in [5, 5.41) is 10.5. The van der Waals surface area contributed by atoms with E-state index in [0.29, 0.717) is 12.2 Å². The van der Waals surface area contributed by atoms with Crippen LogP contribution in [0, 0.1) is 6.92 Å². The second kappa shape index (κ2) is 10.3. The van der Waals surface area contributed by atoms with Gasteiger partial charge in [-0.1, -0.05) is 6.42 Å². The molecule has 0 aromatic carbocycles. The van der Waals surface area contributed by atoms with E-state index >= 15 is 0 Å². The van der Waals surface area contributed by atoms with Gasteiger partial charge in [-0.25, -0.2) is 4.98 Å². The van der Waals surface area contributed by atoms with Crippen LogP contribution >= 0.6 is 0 Å². The van der Waals surface area contributed by atoms with Crippen LogP contribution in [0.2, 0.25) is 0 Å². The van der Waals surface area contributed by atoms with Crippen LogP contribution in [-0.4, -0.2) is 75.9 Å². The highest BCUT2D eigenvalue weighted by molar-refractivity contribution is 5.58. The maximum atomic E-state index is 13.5. The van der Waals surface area contributed by atoms with E-state index in [1.54, 1.807) is 0 Å². The summed E-state index contributed by atoms with van der Waals surface area (Å²) >= 11 is 0. The lowest BCUT2D eigenvalue weighted by atomic mass is 10.1. The van der Waals surface area contributed by atoms with E-state index in [1.165, 1.54) is 19.3 Å². The standard InChI is InChI=1S/C22H33F3N8/c1-16-19(15-33(30-16)17-7-12-31(2)14-17)28-21-27-13-18(22(23,24)25)20(29-21)26-8-6-11-32-9-4-3-5-10-32/h13,15,17H,3-12,14H2,1-2H3,(H2,26,27,28,29). The molecule has 2 aromatic heterocycles. The highest BCUT2D eigenvalue weighted by Crippen LogP contribution is 2.34. The van der Waals surface area contributed by atoms with E-state index in [1.807, 2.05) is 17.8 Å². The van der Waals surface area contributed by atoms with E-state index in [4.69, 9.17) is 0 Å². The molecule has 2 N–H and O–H groups in total. The normalized spacial score (nSPS) is 20.3. The number of alkyl halides is 3. The number of aryl methyl sites for hydroxylation is 1. The van der Waals surface area contributed by atoms with Crippen LogP contribution in [0.5, 0.6) is 0 Å². The molecule has 2 aromatic rings. The minimum absolute atomic E-state index is 0.118. The number of aromatic nitrogens is 4. The minimum Gasteiger partial charge on any atom is -0.369 e. The SMILES string of the molecule is Cc1nn(C2CCN(C)C2)cc1Nc1ncc(C(F)(F)F)c(NCCCN2CCCCC2)n1. The van der Waals surface area contributed by atoms with Crippen molar-refractivity contribution in [1.29, 1.82) is 0 Å². The number of hydrogen-bond acceptors (Lipinski definition) is 7. The van der Waals surface area contributed by atoms with Gasteiger partial charge in [0.05, 0.1) is 17.4 Å². The lowest BCUT2D eigenvalue weighted by Crippen LogP contribution is -2.31. The molecule has 1 unspecified atom stereocenters. The van der Waals surface area contributed by atoms with Crippen molar-refractivity contribution in [3.8, 4) is 0 Å². The maximum absolute atomic E-state index is 13.5. The Morgan fingerprint density at radius 3 is 2.64 bits per heavy atom. The molecule has 11 heteroatoms. The van der Waals surface area contributed by atoms with Crippen LogP contribution < -0.4 is 10.6 Å². The molecule has 8 nitrogen and oxygen atoms in total. The van der Waals surface area contributed by atoms with Crippen LogP contribution in [0.4, 0.5) is 30.6 Å². The number of nitrogens with one attached hydrogen (secondary N) is 2. The molecule has 4 heterocycles. The highest BCUT2D eigenvalue weighted by Gasteiger charge is 2.35. The summed E-state index contributed by atoms with van der Waals surface area (Å²) in [6.45, 7) is 7.23. The quantitative estimate of drug-likeness (QED) is 0.572. The molecule has 2 aliphatic heterocycles. The van der Waals surface area contributed by atoms with Gasteiger partial charge in [0.2, 0.25) is 5.95 Å². The summed E-state index contributed by atoms with van der Waals surface area (Å²) in [6.07, 6.45) is 3.62. The minimum atomic E-state index is -4.52. The molecule has 2 aliphatic rings. The van der Waals surface area contributed by atoms with Crippen LogP contribution in [-0.2, 0) is 6.18 Å². The fourth-order valence-electron chi connectivity index (χ4n) is 4.52. The number of likely N-dealkylation sites (tertiary alicyclic amines) is 2. The zero-order chi connectivity index (χ0) is 23.4. The average molecular weight is 467 g/mol. The molecule has 2 fully saturated rings. The van der Waals surface area contributed by atoms with Gasteiger partial charge in [0.25, 0.3) is 0 Å². The molecular formula is C22H33F3N8. The molecule has 1 atom stereocenters. The van der Waals surface area contributed by atoms with Crippen LogP contribution in [0.25, 0.3) is 0 Å². The van der Waals surface area contributed by atoms with Crippen LogP contribution in [0.15, 0.2) is 12.4 Å². The van der Waals surface area contributed by atoms with E-state index in [2.05, 4.69) is 42.5 Å². The van der Waals surface area contributed by atoms with Crippen LogP contribution in [0.3, 0.4) is 0 Å². The largest absolute Gasteiger partial charge is 0.421 e. The van der Waals surface area contributed by atoms with E-state index in [9.17, 15) is 13.2 Å². The molecule has 0 amide bonds. The molecule has 0 radical (unpaired) electrons. The van der Waals surface area contributed by atoms with Gasteiger partial charge in [-0.05, 0) is 65.8 Å². The predicted octanol–water partition coefficient (Wildman–Crippen LogP) is 3.91. The Labute approximate surface area is 192 Å². The molecule has 0 bridgehead atoms. The van der Waals surface area contributed by atoms with Crippen molar-refractivity contribution in [2.45, 2.75) is 51.2 Å². The van der Waals surface area contributed by atoms with Crippen LogP contribution in [0.1, 0.15) is 49.4 Å². The van der Waals surface area contributed by atoms with Gasteiger partial charge in [-0.3, -0.25) is 4.68 Å². The third-order valence-corrected chi connectivity index (χ3v) is 6.39. The van der Waals surface area contributed by atoms with Crippen molar-refractivity contribution in [2.75, 3.05) is 56.9 Å². The van der Waals surface area contributed by atoms with Gasteiger partial charge in [-0.15, -0.1) is 0 Å². The first-order valence-corrected chi connectivity index (χ1v) is 11.7. The number of halogens is 3. The monoisotopic (exact) mass is 466 g/mol. The van der Waals surface area contributed by atoms with Gasteiger partial charge in [0.1, 0.15) is 11.4 Å². The van der Waals surface area contributed by atoms with E-state index in [0.717, 1.165) is 57.5 Å². The summed E-state index contributed by atoms with van der Waals surface area (Å²) in [7, 11) is 2.08. The lowest BCUT2D eigenvalue weighted by molar-refractivity contribution is -0.137. The first-order valence-electron chi connectivity index (χ1n) is 11.7. The lowest BCUT2D eigenvalue weighted by Gasteiger charge is -2.26. The topological polar surface area (TPSA) is 74.1 Å². The van der Waals surface area contributed by atoms with Crippen molar-refractivity contribution in [3.05, 3.63) is 23.7 Å². The summed E-state index contributed by atoms with van der Waals surface area (Å²) in [6, 6.07) is 0.287. The fourth-order valence-corrected chi connectivity index (χ4v) is 4.52. The average Bonchev–Trinajstić information content (AvgIpc) is 3.37. The summed E-state index contributed by atoms with van der Waals surface area (Å²) in [4.78, 5) is 12.7. The Bertz CT molecular complexity index is 923. The second-order valence-corrected chi connectivity index (χ2v) is 9.07. The fraction of sp³-hybridized carbons (Fsp3) is 0.682. The van der Waals surface area contributed by atoms with Crippen molar-refractivity contribution >= 4 is 17.5 Å². The van der Waals surface area contributed by atoms with Gasteiger partial charge < -0.3 is 20.4 Å². The van der Waals surface area contributed by atoms with Crippen molar-refractivity contribution in [3.63, 3.8) is 0 Å². The summed E-state index contributed by atoms with van der Waals surface area (Å²) in [5.41, 5.74) is 0.594. The van der Waals surface area contributed by atoms with Gasteiger partial charge in [0.15, 0.2) is 0 Å². The number of nitrogens with zero attached hydrogens (tertiary/aromatic N) is 6. The number of piperidine rings is 1. The molecule has 0 saturated carbocycles. The highest BCUT2D eigenvalue weighted by atomic mass is 19.4. The first-order chi connectivity index (χ1) is 15.8. The number of hydrogen-bond donors (Lipinski definition) is 2. The number of rotatable bonds is 8. The predicted molar refractivity (Wildman–Crippen MR) is 122 cm³/mol. The molecule has 0 aliphatic carbocycles. The Morgan fingerprint density at radius 2 is 1.94 bits per heavy atom. The van der Waals surface area contributed by atoms with Gasteiger partial charge in [-0.2, -0.15) is 23.3 Å². The molecule has 2 saturated heterocycles. The third kappa shape index (κ3) is 6.14. The Kier molecular flexibility index (Phi) is 7.38. The zero-order valence-corrected chi connectivity index (χ0v) is 19.3. The smallest absolute Gasteiger partial charge is 0.369 e. The van der Waals surface area contributed by atoms with Gasteiger partial charge in [0, 0.05) is 25.5 Å². The van der Waals surface area contributed by atoms with Gasteiger partial charge >= 0.3 is 6.18 Å². The first kappa shape index (κ1) is 23.7. The molecular weight excluding hydrogens is 433 g/mol. The molecule has 4 rings (SSSR count). The number of likely N-dealkylation sites (N-methyl/N-ethyl adjacent to an activating group) is 1. The summed E-state index contributed by atoms with van der Waals surface area (Å²) < 4.78 is 42.5. The Morgan fingerprint density at radius 1 is 1.15 bits per heavy atom. The molecule has 0 spiro atoms. The Balaban J connectivity index is 1.42. The van der Waals surface area contributed by atoms with E-state index < -0.39 is 11.7 Å². The van der Waals surface area contributed by atoms with E-state index in [-0.39, 0.29) is 17.8 Å². The van der Waals surface area contributed by atoms with Crippen molar-refractivity contribution in [1.82, 2.24) is 29.5 Å². The number of anilines is 3. The molecule has 33 heavy (non-hydrogen) atoms. The third-order valence-electron chi connectivity index (χ3n) is 6.39. The molecule has 182 valence electrons.